The molecule has 4 heteroatoms. The number of aliphatic carboxylic acids is 1. The molecule has 0 amide bonds. The molecule has 100 valence electrons. The summed E-state index contributed by atoms with van der Waals surface area (Å²) in [6, 6.07) is 0.489. The highest BCUT2D eigenvalue weighted by molar-refractivity contribution is 5.73. The van der Waals surface area contributed by atoms with Gasteiger partial charge in [-0.15, -0.1) is 0 Å². The zero-order valence-corrected chi connectivity index (χ0v) is 11.4. The minimum absolute atomic E-state index is 0.299. The first kappa shape index (κ1) is 14.5. The molecule has 0 aromatic rings. The lowest BCUT2D eigenvalue weighted by Gasteiger charge is -2.27. The van der Waals surface area contributed by atoms with Crippen LogP contribution >= 0.6 is 0 Å². The summed E-state index contributed by atoms with van der Waals surface area (Å²) in [6.07, 6.45) is 3.01. The molecule has 1 saturated heterocycles. The average Bonchev–Trinajstić information content (AvgIpc) is 2.63. The second kappa shape index (κ2) is 5.83. The minimum atomic E-state index is -0.710. The zero-order chi connectivity index (χ0) is 13.1. The monoisotopic (exact) mass is 243 g/mol. The van der Waals surface area contributed by atoms with Gasteiger partial charge in [-0.1, -0.05) is 0 Å². The van der Waals surface area contributed by atoms with Crippen molar-refractivity contribution in [2.24, 2.45) is 5.41 Å². The lowest BCUT2D eigenvalue weighted by molar-refractivity contribution is -0.147. The van der Waals surface area contributed by atoms with E-state index < -0.39 is 11.4 Å². The third-order valence-corrected chi connectivity index (χ3v) is 3.79. The van der Waals surface area contributed by atoms with E-state index in [4.69, 9.17) is 9.84 Å². The summed E-state index contributed by atoms with van der Waals surface area (Å²) in [5.74, 6) is -0.710. The van der Waals surface area contributed by atoms with Crippen LogP contribution in [0.5, 0.6) is 0 Å². The van der Waals surface area contributed by atoms with Crippen LogP contribution in [0.2, 0.25) is 0 Å². The molecule has 1 rings (SSSR count). The van der Waals surface area contributed by atoms with E-state index in [2.05, 4.69) is 18.9 Å². The number of likely N-dealkylation sites (N-methyl/N-ethyl adjacent to an activating group) is 1. The highest BCUT2D eigenvalue weighted by Gasteiger charge is 2.29. The van der Waals surface area contributed by atoms with Crippen molar-refractivity contribution >= 4 is 5.97 Å². The minimum Gasteiger partial charge on any atom is -0.481 e. The number of carboxylic acid groups (broad SMARTS) is 1. The van der Waals surface area contributed by atoms with Gasteiger partial charge in [-0.3, -0.25) is 4.79 Å². The third-order valence-electron chi connectivity index (χ3n) is 3.79. The Morgan fingerprint density at radius 2 is 2.18 bits per heavy atom. The van der Waals surface area contributed by atoms with Gasteiger partial charge in [0.25, 0.3) is 0 Å². The Morgan fingerprint density at radius 3 is 2.65 bits per heavy atom. The number of carboxylic acids is 1. The highest BCUT2D eigenvalue weighted by Crippen LogP contribution is 2.24. The van der Waals surface area contributed by atoms with Gasteiger partial charge in [-0.2, -0.15) is 0 Å². The van der Waals surface area contributed by atoms with Gasteiger partial charge in [-0.05, 0) is 53.6 Å². The van der Waals surface area contributed by atoms with Crippen LogP contribution in [-0.2, 0) is 9.53 Å². The molecule has 0 spiro atoms. The summed E-state index contributed by atoms with van der Waals surface area (Å²) >= 11 is 0. The van der Waals surface area contributed by atoms with Gasteiger partial charge in [0.15, 0.2) is 0 Å². The van der Waals surface area contributed by atoms with Gasteiger partial charge in [0.1, 0.15) is 0 Å². The topological polar surface area (TPSA) is 49.8 Å². The van der Waals surface area contributed by atoms with E-state index in [9.17, 15) is 4.79 Å². The number of ether oxygens (including phenoxy) is 1. The van der Waals surface area contributed by atoms with Crippen molar-refractivity contribution in [3.63, 3.8) is 0 Å². The van der Waals surface area contributed by atoms with Gasteiger partial charge in [0, 0.05) is 12.6 Å². The smallest absolute Gasteiger partial charge is 0.309 e. The van der Waals surface area contributed by atoms with Crippen molar-refractivity contribution in [1.82, 2.24) is 4.90 Å². The molecule has 0 aromatic heterocycles. The van der Waals surface area contributed by atoms with Crippen LogP contribution in [-0.4, -0.2) is 48.3 Å². The molecule has 0 radical (unpaired) electrons. The van der Waals surface area contributed by atoms with E-state index >= 15 is 0 Å². The molecule has 0 saturated carbocycles. The predicted molar refractivity (Wildman–Crippen MR) is 67.1 cm³/mol. The fourth-order valence-corrected chi connectivity index (χ4v) is 2.34. The van der Waals surface area contributed by atoms with E-state index in [1.54, 1.807) is 13.8 Å². The first-order chi connectivity index (χ1) is 7.84. The predicted octanol–water partition coefficient (Wildman–Crippen LogP) is 1.99. The van der Waals surface area contributed by atoms with Crippen molar-refractivity contribution in [3.8, 4) is 0 Å². The third kappa shape index (κ3) is 3.96. The maximum absolute atomic E-state index is 11.0. The molecule has 0 aromatic carbocycles. The Bertz CT molecular complexity index is 265. The molecule has 0 aliphatic carbocycles. The Labute approximate surface area is 104 Å². The summed E-state index contributed by atoms with van der Waals surface area (Å²) in [7, 11) is 2.10. The quantitative estimate of drug-likeness (QED) is 0.775. The molecule has 4 nitrogen and oxygen atoms in total. The SMILES string of the molecule is CC1OCCC1N(C)CCCC(C)(C)C(=O)O. The number of nitrogens with zero attached hydrogens (tertiary/aromatic N) is 1. The Kier molecular flexibility index (Phi) is 4.95. The molecule has 1 aliphatic rings. The molecule has 1 N–H and O–H groups in total. The van der Waals surface area contributed by atoms with Crippen molar-refractivity contribution < 1.29 is 14.6 Å². The first-order valence-corrected chi connectivity index (χ1v) is 6.40. The second-order valence-corrected chi connectivity index (χ2v) is 5.71. The van der Waals surface area contributed by atoms with Crippen LogP contribution < -0.4 is 0 Å². The maximum atomic E-state index is 11.0. The normalized spacial score (nSPS) is 25.5. The molecule has 1 aliphatic heterocycles. The molecule has 0 bridgehead atoms. The number of rotatable bonds is 6. The van der Waals surface area contributed by atoms with E-state index in [-0.39, 0.29) is 0 Å². The Morgan fingerprint density at radius 1 is 1.53 bits per heavy atom. The van der Waals surface area contributed by atoms with Crippen molar-refractivity contribution in [1.29, 1.82) is 0 Å². The van der Waals surface area contributed by atoms with Crippen LogP contribution in [0.4, 0.5) is 0 Å². The Hall–Kier alpha value is -0.610. The van der Waals surface area contributed by atoms with Gasteiger partial charge in [0.05, 0.1) is 11.5 Å². The molecule has 2 atom stereocenters. The highest BCUT2D eigenvalue weighted by atomic mass is 16.5. The fraction of sp³-hybridized carbons (Fsp3) is 0.923. The van der Waals surface area contributed by atoms with Crippen LogP contribution in [0.25, 0.3) is 0 Å². The summed E-state index contributed by atoms with van der Waals surface area (Å²) in [6.45, 7) is 7.47. The summed E-state index contributed by atoms with van der Waals surface area (Å²) in [4.78, 5) is 13.3. The summed E-state index contributed by atoms with van der Waals surface area (Å²) in [5, 5.41) is 9.03. The van der Waals surface area contributed by atoms with E-state index in [0.717, 1.165) is 26.0 Å². The van der Waals surface area contributed by atoms with Gasteiger partial charge >= 0.3 is 5.97 Å². The lowest BCUT2D eigenvalue weighted by atomic mass is 9.88. The lowest BCUT2D eigenvalue weighted by Crippen LogP contribution is -2.37. The number of carbonyl (C=O) groups is 1. The molecule has 17 heavy (non-hydrogen) atoms. The molecule has 1 heterocycles. The standard InChI is InChI=1S/C13H25NO3/c1-10-11(6-9-17-10)14(4)8-5-7-13(2,3)12(15)16/h10-11H,5-9H2,1-4H3,(H,15,16). The molecular formula is C13H25NO3. The van der Waals surface area contributed by atoms with E-state index in [1.165, 1.54) is 0 Å². The second-order valence-electron chi connectivity index (χ2n) is 5.71. The van der Waals surface area contributed by atoms with Crippen molar-refractivity contribution in [2.45, 2.75) is 52.2 Å². The van der Waals surface area contributed by atoms with Crippen molar-refractivity contribution in [2.75, 3.05) is 20.2 Å². The van der Waals surface area contributed by atoms with Crippen LogP contribution in [0, 0.1) is 5.41 Å². The Balaban J connectivity index is 2.29. The van der Waals surface area contributed by atoms with Gasteiger partial charge in [-0.25, -0.2) is 0 Å². The first-order valence-electron chi connectivity index (χ1n) is 6.40. The average molecular weight is 243 g/mol. The summed E-state index contributed by atoms with van der Waals surface area (Å²) < 4.78 is 5.54. The number of hydrogen-bond donors (Lipinski definition) is 1. The van der Waals surface area contributed by atoms with Crippen LogP contribution in [0.1, 0.15) is 40.0 Å². The zero-order valence-electron chi connectivity index (χ0n) is 11.4. The number of hydrogen-bond acceptors (Lipinski definition) is 3. The van der Waals surface area contributed by atoms with Crippen LogP contribution in [0.3, 0.4) is 0 Å². The maximum Gasteiger partial charge on any atom is 0.309 e. The van der Waals surface area contributed by atoms with Gasteiger partial charge < -0.3 is 14.7 Å². The van der Waals surface area contributed by atoms with E-state index in [1.807, 2.05) is 0 Å². The molecular weight excluding hydrogens is 218 g/mol. The van der Waals surface area contributed by atoms with E-state index in [0.29, 0.717) is 18.6 Å². The van der Waals surface area contributed by atoms with Gasteiger partial charge in [0.2, 0.25) is 0 Å². The molecule has 2 unspecified atom stereocenters. The largest absolute Gasteiger partial charge is 0.481 e. The van der Waals surface area contributed by atoms with Crippen LogP contribution in [0.15, 0.2) is 0 Å². The van der Waals surface area contributed by atoms with Crippen molar-refractivity contribution in [3.05, 3.63) is 0 Å². The summed E-state index contributed by atoms with van der Waals surface area (Å²) in [5.41, 5.74) is -0.612. The fourth-order valence-electron chi connectivity index (χ4n) is 2.34. The molecule has 1 fully saturated rings.